The Balaban J connectivity index is 1.60. The number of carbonyl (C=O) groups is 1. The zero-order valence-corrected chi connectivity index (χ0v) is 15.9. The molecule has 0 radical (unpaired) electrons. The summed E-state index contributed by atoms with van der Waals surface area (Å²) in [5.41, 5.74) is 1.97. The molecule has 1 aliphatic carbocycles. The SMILES string of the molecule is CCN(C(=O)CSc1nnc(-c2ccc(OC)cc2)o1)C1=CCCCC1. The van der Waals surface area contributed by atoms with Gasteiger partial charge in [-0.1, -0.05) is 17.8 Å². The Kier molecular flexibility index (Phi) is 6.33. The lowest BCUT2D eigenvalue weighted by molar-refractivity contribution is -0.126. The number of methoxy groups -OCH3 is 1. The van der Waals surface area contributed by atoms with Gasteiger partial charge < -0.3 is 14.1 Å². The van der Waals surface area contributed by atoms with Crippen LogP contribution in [0.4, 0.5) is 0 Å². The molecule has 1 aromatic heterocycles. The Morgan fingerprint density at radius 2 is 2.08 bits per heavy atom. The monoisotopic (exact) mass is 373 g/mol. The number of thioether (sulfide) groups is 1. The fraction of sp³-hybridized carbons (Fsp3) is 0.421. The van der Waals surface area contributed by atoms with E-state index in [1.165, 1.54) is 18.2 Å². The third-order valence-corrected chi connectivity index (χ3v) is 5.10. The van der Waals surface area contributed by atoms with Gasteiger partial charge in [-0.2, -0.15) is 0 Å². The first-order valence-electron chi connectivity index (χ1n) is 8.81. The lowest BCUT2D eigenvalue weighted by Crippen LogP contribution is -2.32. The number of carbonyl (C=O) groups excluding carboxylic acids is 1. The van der Waals surface area contributed by atoms with Gasteiger partial charge in [0.05, 0.1) is 12.9 Å². The van der Waals surface area contributed by atoms with Crippen molar-refractivity contribution in [2.45, 2.75) is 37.8 Å². The third-order valence-electron chi connectivity index (χ3n) is 4.29. The molecule has 1 heterocycles. The summed E-state index contributed by atoms with van der Waals surface area (Å²) in [7, 11) is 1.62. The predicted molar refractivity (Wildman–Crippen MR) is 101 cm³/mol. The zero-order chi connectivity index (χ0) is 18.4. The molecule has 0 N–H and O–H groups in total. The van der Waals surface area contributed by atoms with E-state index in [2.05, 4.69) is 16.3 Å². The highest BCUT2D eigenvalue weighted by atomic mass is 32.2. The first-order valence-corrected chi connectivity index (χ1v) is 9.80. The summed E-state index contributed by atoms with van der Waals surface area (Å²) in [5.74, 6) is 1.57. The van der Waals surface area contributed by atoms with Gasteiger partial charge in [0.2, 0.25) is 11.8 Å². The number of amides is 1. The first-order chi connectivity index (χ1) is 12.7. The smallest absolute Gasteiger partial charge is 0.277 e. The van der Waals surface area contributed by atoms with E-state index in [-0.39, 0.29) is 11.7 Å². The fourth-order valence-corrected chi connectivity index (χ4v) is 3.56. The number of ether oxygens (including phenoxy) is 1. The molecule has 26 heavy (non-hydrogen) atoms. The van der Waals surface area contributed by atoms with Gasteiger partial charge >= 0.3 is 0 Å². The molecule has 0 fully saturated rings. The number of hydrogen-bond acceptors (Lipinski definition) is 6. The molecule has 6 nitrogen and oxygen atoms in total. The molecule has 0 unspecified atom stereocenters. The standard InChI is InChI=1S/C19H23N3O3S/c1-3-22(15-7-5-4-6-8-15)17(23)13-26-19-21-20-18(25-19)14-9-11-16(24-2)12-10-14/h7,9-12H,3-6,8,13H2,1-2H3. The van der Waals surface area contributed by atoms with Crippen molar-refractivity contribution < 1.29 is 13.9 Å². The molecule has 0 bridgehead atoms. The Morgan fingerprint density at radius 3 is 2.73 bits per heavy atom. The van der Waals surface area contributed by atoms with Crippen LogP contribution < -0.4 is 4.74 Å². The molecule has 0 aliphatic heterocycles. The average Bonchev–Trinajstić information content (AvgIpc) is 3.17. The van der Waals surface area contributed by atoms with E-state index in [0.717, 1.165) is 36.3 Å². The first kappa shape index (κ1) is 18.5. The minimum atomic E-state index is 0.0786. The molecule has 1 amide bonds. The lowest BCUT2D eigenvalue weighted by atomic mass is 10.0. The molecular weight excluding hydrogens is 350 g/mol. The van der Waals surface area contributed by atoms with Crippen LogP contribution in [0.3, 0.4) is 0 Å². The summed E-state index contributed by atoms with van der Waals surface area (Å²) in [5, 5.41) is 8.50. The number of allylic oxidation sites excluding steroid dienone is 2. The normalized spacial score (nSPS) is 14.0. The van der Waals surface area contributed by atoms with Gasteiger partial charge in [-0.15, -0.1) is 10.2 Å². The van der Waals surface area contributed by atoms with Crippen molar-refractivity contribution in [1.29, 1.82) is 0 Å². The minimum Gasteiger partial charge on any atom is -0.497 e. The van der Waals surface area contributed by atoms with Crippen LogP contribution in [-0.4, -0.2) is 40.4 Å². The lowest BCUT2D eigenvalue weighted by Gasteiger charge is -2.26. The number of aromatic nitrogens is 2. The maximum absolute atomic E-state index is 12.6. The fourth-order valence-electron chi connectivity index (χ4n) is 2.93. The largest absolute Gasteiger partial charge is 0.497 e. The second-order valence-corrected chi connectivity index (χ2v) is 6.90. The van der Waals surface area contributed by atoms with Crippen LogP contribution in [0.5, 0.6) is 5.75 Å². The van der Waals surface area contributed by atoms with Crippen LogP contribution in [-0.2, 0) is 4.79 Å². The van der Waals surface area contributed by atoms with Crippen LogP contribution in [0.1, 0.15) is 32.6 Å². The molecule has 0 atom stereocenters. The second-order valence-electron chi connectivity index (χ2n) is 5.97. The van der Waals surface area contributed by atoms with Crippen molar-refractivity contribution in [3.8, 4) is 17.2 Å². The summed E-state index contributed by atoms with van der Waals surface area (Å²) in [6.07, 6.45) is 6.58. The van der Waals surface area contributed by atoms with Gasteiger partial charge in [-0.25, -0.2) is 0 Å². The predicted octanol–water partition coefficient (Wildman–Crippen LogP) is 4.14. The molecule has 7 heteroatoms. The summed E-state index contributed by atoms with van der Waals surface area (Å²) >= 11 is 1.28. The Hall–Kier alpha value is -2.28. The van der Waals surface area contributed by atoms with Gasteiger partial charge in [0.1, 0.15) is 5.75 Å². The minimum absolute atomic E-state index is 0.0786. The maximum atomic E-state index is 12.6. The van der Waals surface area contributed by atoms with Crippen molar-refractivity contribution in [3.63, 3.8) is 0 Å². The van der Waals surface area contributed by atoms with Crippen molar-refractivity contribution in [2.24, 2.45) is 0 Å². The third kappa shape index (κ3) is 4.46. The van der Waals surface area contributed by atoms with Gasteiger partial charge in [-0.3, -0.25) is 4.79 Å². The van der Waals surface area contributed by atoms with Gasteiger partial charge in [0.25, 0.3) is 5.22 Å². The van der Waals surface area contributed by atoms with Crippen molar-refractivity contribution in [3.05, 3.63) is 36.0 Å². The number of nitrogens with zero attached hydrogens (tertiary/aromatic N) is 3. The Bertz CT molecular complexity index is 771. The van der Waals surface area contributed by atoms with Crippen molar-refractivity contribution in [2.75, 3.05) is 19.4 Å². The van der Waals surface area contributed by atoms with Crippen LogP contribution in [0.25, 0.3) is 11.5 Å². The second kappa shape index (κ2) is 8.89. The molecule has 138 valence electrons. The molecule has 3 rings (SSSR count). The van der Waals surface area contributed by atoms with Gasteiger partial charge in [0, 0.05) is 17.8 Å². The van der Waals surface area contributed by atoms with Crippen LogP contribution >= 0.6 is 11.8 Å². The van der Waals surface area contributed by atoms with Gasteiger partial charge in [-0.05, 0) is 56.9 Å². The summed E-state index contributed by atoms with van der Waals surface area (Å²) in [6, 6.07) is 7.40. The zero-order valence-electron chi connectivity index (χ0n) is 15.1. The molecule has 2 aromatic rings. The maximum Gasteiger partial charge on any atom is 0.277 e. The number of rotatable bonds is 7. The van der Waals surface area contributed by atoms with Crippen LogP contribution in [0.2, 0.25) is 0 Å². The van der Waals surface area contributed by atoms with E-state index >= 15 is 0 Å². The van der Waals surface area contributed by atoms with Crippen LogP contribution in [0, 0.1) is 0 Å². The molecule has 1 aromatic carbocycles. The molecule has 0 spiro atoms. The number of benzene rings is 1. The Labute approximate surface area is 157 Å². The van der Waals surface area contributed by atoms with Gasteiger partial charge in [0.15, 0.2) is 0 Å². The highest BCUT2D eigenvalue weighted by Gasteiger charge is 2.19. The van der Waals surface area contributed by atoms with E-state index in [1.54, 1.807) is 7.11 Å². The quantitative estimate of drug-likeness (QED) is 0.679. The molecule has 0 saturated heterocycles. The Morgan fingerprint density at radius 1 is 1.27 bits per heavy atom. The van der Waals surface area contributed by atoms with E-state index in [0.29, 0.717) is 17.7 Å². The highest BCUT2D eigenvalue weighted by Crippen LogP contribution is 2.26. The summed E-state index contributed by atoms with van der Waals surface area (Å²) in [6.45, 7) is 2.69. The van der Waals surface area contributed by atoms with Crippen molar-refractivity contribution in [1.82, 2.24) is 15.1 Å². The topological polar surface area (TPSA) is 68.5 Å². The molecule has 0 saturated carbocycles. The highest BCUT2D eigenvalue weighted by molar-refractivity contribution is 7.99. The van der Waals surface area contributed by atoms with E-state index in [9.17, 15) is 4.79 Å². The average molecular weight is 373 g/mol. The summed E-state index contributed by atoms with van der Waals surface area (Å²) in [4.78, 5) is 14.4. The molecule has 1 aliphatic rings. The van der Waals surface area contributed by atoms with E-state index in [4.69, 9.17) is 9.15 Å². The van der Waals surface area contributed by atoms with Crippen LogP contribution in [0.15, 0.2) is 45.7 Å². The number of hydrogen-bond donors (Lipinski definition) is 0. The summed E-state index contributed by atoms with van der Waals surface area (Å²) < 4.78 is 10.8. The van der Waals surface area contributed by atoms with E-state index < -0.39 is 0 Å². The van der Waals surface area contributed by atoms with Crippen molar-refractivity contribution >= 4 is 17.7 Å². The molecular formula is C19H23N3O3S. The van der Waals surface area contributed by atoms with E-state index in [1.807, 2.05) is 36.1 Å².